The van der Waals surface area contributed by atoms with Gasteiger partial charge in [0.15, 0.2) is 9.84 Å². The minimum Gasteiger partial charge on any atom is -0.488 e. The summed E-state index contributed by atoms with van der Waals surface area (Å²) in [6.07, 6.45) is 27.0. The van der Waals surface area contributed by atoms with E-state index in [1.54, 1.807) is 12.1 Å². The van der Waals surface area contributed by atoms with Gasteiger partial charge >= 0.3 is 0 Å². The summed E-state index contributed by atoms with van der Waals surface area (Å²) >= 11 is 0. The molecule has 0 aliphatic rings. The third kappa shape index (κ3) is 19.0. The van der Waals surface area contributed by atoms with Gasteiger partial charge in [-0.1, -0.05) is 185 Å². The molecule has 1 unspecified atom stereocenters. The van der Waals surface area contributed by atoms with E-state index in [9.17, 15) is 8.42 Å². The largest absolute Gasteiger partial charge is 0.488 e. The first-order chi connectivity index (χ1) is 34.2. The molecule has 0 radical (unpaired) electrons. The molecule has 0 aliphatic heterocycles. The second-order valence-electron chi connectivity index (χ2n) is 19.9. The predicted octanol–water partition coefficient (Wildman–Crippen LogP) is 18.6. The summed E-state index contributed by atoms with van der Waals surface area (Å²) in [7, 11) is -3.57. The first-order valence-corrected chi connectivity index (χ1v) is 27.5. The van der Waals surface area contributed by atoms with Gasteiger partial charge in [0, 0.05) is 16.3 Å². The molecule has 0 fully saturated rings. The number of ether oxygens (including phenoxy) is 2. The van der Waals surface area contributed by atoms with E-state index in [0.717, 1.165) is 126 Å². The molecule has 0 bridgehead atoms. The first-order valence-electron chi connectivity index (χ1n) is 26.0. The maximum Gasteiger partial charge on any atom is 0.185 e. The van der Waals surface area contributed by atoms with Gasteiger partial charge in [-0.25, -0.2) is 8.42 Å². The smallest absolute Gasteiger partial charge is 0.185 e. The second kappa shape index (κ2) is 29.4. The Kier molecular flexibility index (Phi) is 23.2. The van der Waals surface area contributed by atoms with Crippen molar-refractivity contribution in [2.75, 3.05) is 0 Å². The zero-order valence-electron chi connectivity index (χ0n) is 44.5. The van der Waals surface area contributed by atoms with E-state index >= 15 is 0 Å². The zero-order chi connectivity index (χ0) is 51.0. The predicted molar refractivity (Wildman–Crippen MR) is 304 cm³/mol. The van der Waals surface area contributed by atoms with Gasteiger partial charge in [0.1, 0.15) is 24.7 Å². The summed E-state index contributed by atoms with van der Waals surface area (Å²) in [5.41, 5.74) is 13.7. The number of sulfone groups is 1. The molecule has 0 N–H and O–H groups in total. The van der Waals surface area contributed by atoms with Gasteiger partial charge in [0.25, 0.3) is 0 Å². The fraction of sp³-hybridized carbons (Fsp3) is 0.364. The molecule has 71 heavy (non-hydrogen) atoms. The van der Waals surface area contributed by atoms with E-state index in [1.165, 1.54) is 27.9 Å². The molecular formula is C66H82O4S. The van der Waals surface area contributed by atoms with Crippen molar-refractivity contribution in [2.45, 2.75) is 163 Å². The molecule has 376 valence electrons. The topological polar surface area (TPSA) is 52.6 Å². The molecule has 5 heteroatoms. The summed E-state index contributed by atoms with van der Waals surface area (Å²) in [5.74, 6) is 1.83. The maximum atomic E-state index is 14.1. The first kappa shape index (κ1) is 56.0. The van der Waals surface area contributed by atoms with Crippen LogP contribution in [0.25, 0.3) is 10.8 Å². The highest BCUT2D eigenvalue weighted by Crippen LogP contribution is 2.42. The van der Waals surface area contributed by atoms with Crippen LogP contribution in [-0.2, 0) is 29.5 Å². The average molecular weight is 971 g/mol. The van der Waals surface area contributed by atoms with Crippen LogP contribution in [0.5, 0.6) is 11.5 Å². The molecule has 5 rings (SSSR count). The molecule has 0 amide bonds. The number of rotatable bonds is 28. The van der Waals surface area contributed by atoms with E-state index in [-0.39, 0.29) is 0 Å². The Bertz CT molecular complexity index is 2780. The van der Waals surface area contributed by atoms with Crippen molar-refractivity contribution in [1.82, 2.24) is 0 Å². The Labute approximate surface area is 429 Å². The SMILES string of the molecule is CC(C)=CCC/C(C)=C/CC/C(C)=C/CC/C(C)=C/C(C/C(C)=C/CC/C(C)=C/CC/C(C)=C/Cc1c(C)c(OCc2ccccc2)c2ccccc2c1OCc1ccccc1)S(=O)(=O)c1ccccc1. The minimum atomic E-state index is -3.57. The summed E-state index contributed by atoms with van der Waals surface area (Å²) in [6, 6.07) is 38.1. The van der Waals surface area contributed by atoms with Crippen LogP contribution in [0, 0.1) is 6.92 Å². The third-order valence-corrected chi connectivity index (χ3v) is 15.3. The van der Waals surface area contributed by atoms with Gasteiger partial charge in [0.2, 0.25) is 0 Å². The van der Waals surface area contributed by atoms with Crippen molar-refractivity contribution in [2.24, 2.45) is 0 Å². The normalized spacial score (nSPS) is 13.6. The molecule has 0 saturated heterocycles. The Balaban J connectivity index is 1.20. The number of allylic oxidation sites excluding steroid dienone is 13. The minimum absolute atomic E-state index is 0.381. The van der Waals surface area contributed by atoms with Crippen LogP contribution in [0.1, 0.15) is 148 Å². The molecule has 5 aromatic rings. The molecular weight excluding hydrogens is 889 g/mol. The van der Waals surface area contributed by atoms with Gasteiger partial charge in [0.05, 0.1) is 10.1 Å². The van der Waals surface area contributed by atoms with Crippen LogP contribution in [0.15, 0.2) is 202 Å². The molecule has 0 aromatic heterocycles. The van der Waals surface area contributed by atoms with Crippen LogP contribution in [0.3, 0.4) is 0 Å². The van der Waals surface area contributed by atoms with Gasteiger partial charge in [-0.3, -0.25) is 0 Å². The number of benzene rings is 5. The van der Waals surface area contributed by atoms with Crippen LogP contribution in [0.2, 0.25) is 0 Å². The lowest BCUT2D eigenvalue weighted by atomic mass is 9.95. The lowest BCUT2D eigenvalue weighted by Gasteiger charge is -2.21. The van der Waals surface area contributed by atoms with Crippen molar-refractivity contribution in [3.05, 3.63) is 219 Å². The van der Waals surface area contributed by atoms with E-state index in [1.807, 2.05) is 36.4 Å². The van der Waals surface area contributed by atoms with Crippen molar-refractivity contribution < 1.29 is 17.9 Å². The van der Waals surface area contributed by atoms with E-state index in [2.05, 4.69) is 172 Å². The molecule has 0 saturated carbocycles. The molecule has 0 spiro atoms. The van der Waals surface area contributed by atoms with Crippen molar-refractivity contribution >= 4 is 20.6 Å². The van der Waals surface area contributed by atoms with Crippen LogP contribution in [0.4, 0.5) is 0 Å². The molecule has 4 nitrogen and oxygen atoms in total. The third-order valence-electron chi connectivity index (χ3n) is 13.3. The van der Waals surface area contributed by atoms with Gasteiger partial charge in [-0.2, -0.15) is 0 Å². The fourth-order valence-corrected chi connectivity index (χ4v) is 10.7. The number of hydrogen-bond acceptors (Lipinski definition) is 4. The summed E-state index contributed by atoms with van der Waals surface area (Å²) in [5, 5.41) is 1.50. The molecule has 0 aliphatic carbocycles. The van der Waals surface area contributed by atoms with Gasteiger partial charge in [-0.15, -0.1) is 0 Å². The maximum absolute atomic E-state index is 14.1. The lowest BCUT2D eigenvalue weighted by Crippen LogP contribution is -2.20. The summed E-state index contributed by atoms with van der Waals surface area (Å²) in [4.78, 5) is 0.381. The number of hydrogen-bond donors (Lipinski definition) is 0. The Morgan fingerprint density at radius 1 is 0.465 bits per heavy atom. The van der Waals surface area contributed by atoms with E-state index < -0.39 is 15.1 Å². The quantitative estimate of drug-likeness (QED) is 0.0469. The van der Waals surface area contributed by atoms with E-state index in [4.69, 9.17) is 9.47 Å². The van der Waals surface area contributed by atoms with Crippen LogP contribution < -0.4 is 9.47 Å². The summed E-state index contributed by atoms with van der Waals surface area (Å²) < 4.78 is 41.5. The molecule has 1 atom stereocenters. The van der Waals surface area contributed by atoms with E-state index in [0.29, 0.717) is 24.5 Å². The Morgan fingerprint density at radius 2 is 0.859 bits per heavy atom. The standard InChI is InChI=1S/C66H82O4S/c1-50(2)26-21-27-51(3)28-22-29-52(4)31-24-34-55(7)46-61(71(67,68)60-40-17-12-18-41-60)47-56(8)35-25-32-53(5)30-23-33-54(6)44-45-62-57(9)65(69-48-58-36-13-10-14-37-58)63-42-19-20-43-64(63)66(62)70-49-59-38-15-11-16-39-59/h10-20,26,28,30-31,35-44,46,61H,21-25,27,29,32-34,45,47-49H2,1-9H3/b51-28+,52-31+,53-30+,54-44+,55-46+,56-35+. The zero-order valence-corrected chi connectivity index (χ0v) is 45.3. The van der Waals surface area contributed by atoms with Gasteiger partial charge < -0.3 is 9.47 Å². The van der Waals surface area contributed by atoms with Crippen LogP contribution in [-0.4, -0.2) is 13.7 Å². The average Bonchev–Trinajstić information content (AvgIpc) is 3.35. The van der Waals surface area contributed by atoms with Crippen LogP contribution >= 0.6 is 0 Å². The lowest BCUT2D eigenvalue weighted by molar-refractivity contribution is 0.299. The second-order valence-corrected chi connectivity index (χ2v) is 22.1. The molecule has 0 heterocycles. The monoisotopic (exact) mass is 971 g/mol. The number of fused-ring (bicyclic) bond motifs is 1. The highest BCUT2D eigenvalue weighted by atomic mass is 32.2. The Hall–Kier alpha value is -5.91. The molecule has 5 aromatic carbocycles. The Morgan fingerprint density at radius 3 is 1.35 bits per heavy atom. The highest BCUT2D eigenvalue weighted by Gasteiger charge is 2.26. The van der Waals surface area contributed by atoms with Crippen molar-refractivity contribution in [3.63, 3.8) is 0 Å². The fourth-order valence-electron chi connectivity index (χ4n) is 8.91. The van der Waals surface area contributed by atoms with Crippen molar-refractivity contribution in [3.8, 4) is 11.5 Å². The van der Waals surface area contributed by atoms with Crippen molar-refractivity contribution in [1.29, 1.82) is 0 Å². The van der Waals surface area contributed by atoms with Gasteiger partial charge in [-0.05, 0) is 168 Å². The summed E-state index contributed by atoms with van der Waals surface area (Å²) in [6.45, 7) is 20.5. The highest BCUT2D eigenvalue weighted by molar-refractivity contribution is 7.92.